The number of carboxylic acids is 1. The lowest BCUT2D eigenvalue weighted by molar-refractivity contribution is -0.156. The highest BCUT2D eigenvalue weighted by atomic mass is 16.5. The first-order valence-electron chi connectivity index (χ1n) is 5.45. The van der Waals surface area contributed by atoms with Crippen molar-refractivity contribution in [1.29, 1.82) is 10.5 Å². The van der Waals surface area contributed by atoms with Crippen LogP contribution < -0.4 is 0 Å². The van der Waals surface area contributed by atoms with E-state index in [-0.39, 0.29) is 6.61 Å². The Kier molecular flexibility index (Phi) is 4.89. The van der Waals surface area contributed by atoms with E-state index < -0.39 is 29.7 Å². The molecule has 0 bridgehead atoms. The second kappa shape index (κ2) is 6.41. The second-order valence-electron chi connectivity index (χ2n) is 3.92. The summed E-state index contributed by atoms with van der Waals surface area (Å²) >= 11 is 0. The van der Waals surface area contributed by atoms with Gasteiger partial charge in [-0.3, -0.25) is 9.59 Å². The molecule has 1 rings (SSSR count). The van der Waals surface area contributed by atoms with Gasteiger partial charge in [0.15, 0.2) is 5.92 Å². The summed E-state index contributed by atoms with van der Waals surface area (Å²) in [4.78, 5) is 22.7. The van der Waals surface area contributed by atoms with Gasteiger partial charge < -0.3 is 9.84 Å². The molecule has 0 aromatic carbocycles. The minimum atomic E-state index is -1.04. The van der Waals surface area contributed by atoms with E-state index in [1.807, 2.05) is 0 Å². The molecule has 0 saturated heterocycles. The highest BCUT2D eigenvalue weighted by Gasteiger charge is 2.34. The number of nitrogens with zero attached hydrogens (tertiary/aromatic N) is 2. The summed E-state index contributed by atoms with van der Waals surface area (Å²) < 4.78 is 4.81. The van der Waals surface area contributed by atoms with E-state index >= 15 is 0 Å². The number of hydrogen-bond donors (Lipinski definition) is 1. The van der Waals surface area contributed by atoms with Crippen LogP contribution in [-0.4, -0.2) is 23.7 Å². The van der Waals surface area contributed by atoms with Crippen LogP contribution in [0.5, 0.6) is 0 Å². The van der Waals surface area contributed by atoms with Crippen LogP contribution in [0.4, 0.5) is 0 Å². The molecule has 6 heteroatoms. The summed E-state index contributed by atoms with van der Waals surface area (Å²) in [5.74, 6) is -4.41. The average molecular weight is 248 g/mol. The van der Waals surface area contributed by atoms with Crippen LogP contribution in [0.2, 0.25) is 0 Å². The molecule has 0 saturated carbocycles. The Balaban J connectivity index is 2.63. The number of esters is 1. The first-order valence-corrected chi connectivity index (χ1v) is 5.45. The number of nitriles is 2. The molecule has 0 heterocycles. The number of carbonyl (C=O) groups is 2. The van der Waals surface area contributed by atoms with Crippen molar-refractivity contribution in [3.63, 3.8) is 0 Å². The molecule has 0 spiro atoms. The molecule has 1 N–H and O–H groups in total. The molecule has 0 radical (unpaired) electrons. The predicted octanol–water partition coefficient (Wildman–Crippen LogP) is 0.860. The lowest BCUT2D eigenvalue weighted by Crippen LogP contribution is -2.32. The number of carboxylic acid groups (broad SMARTS) is 1. The zero-order valence-electron chi connectivity index (χ0n) is 9.57. The Morgan fingerprint density at radius 1 is 1.44 bits per heavy atom. The number of ether oxygens (including phenoxy) is 1. The minimum Gasteiger partial charge on any atom is -0.481 e. The van der Waals surface area contributed by atoms with Crippen molar-refractivity contribution in [2.75, 3.05) is 6.61 Å². The molecule has 2 unspecified atom stereocenters. The molecule has 0 aliphatic heterocycles. The van der Waals surface area contributed by atoms with E-state index in [1.54, 1.807) is 18.2 Å². The third-order valence-corrected chi connectivity index (χ3v) is 2.71. The van der Waals surface area contributed by atoms with Crippen LogP contribution in [0.25, 0.3) is 0 Å². The second-order valence-corrected chi connectivity index (χ2v) is 3.92. The molecule has 0 fully saturated rings. The third-order valence-electron chi connectivity index (χ3n) is 2.71. The van der Waals surface area contributed by atoms with Gasteiger partial charge in [0.25, 0.3) is 0 Å². The Labute approximate surface area is 104 Å². The van der Waals surface area contributed by atoms with Crippen molar-refractivity contribution in [2.24, 2.45) is 17.8 Å². The molecule has 1 aliphatic carbocycles. The van der Waals surface area contributed by atoms with Gasteiger partial charge in [-0.1, -0.05) is 12.2 Å². The lowest BCUT2D eigenvalue weighted by Gasteiger charge is -2.22. The normalized spacial score (nSPS) is 21.9. The monoisotopic (exact) mass is 248 g/mol. The van der Waals surface area contributed by atoms with Crippen molar-refractivity contribution < 1.29 is 19.4 Å². The summed E-state index contributed by atoms with van der Waals surface area (Å²) in [6, 6.07) is 3.34. The molecule has 2 atom stereocenters. The van der Waals surface area contributed by atoms with Gasteiger partial charge in [-0.05, 0) is 12.8 Å². The lowest BCUT2D eigenvalue weighted by atomic mass is 9.84. The number of allylic oxidation sites excluding steroid dienone is 1. The zero-order chi connectivity index (χ0) is 13.5. The van der Waals surface area contributed by atoms with Gasteiger partial charge in [0.1, 0.15) is 6.61 Å². The van der Waals surface area contributed by atoms with Crippen molar-refractivity contribution in [3.05, 3.63) is 12.2 Å². The molecule has 1 aliphatic rings. The summed E-state index contributed by atoms with van der Waals surface area (Å²) in [6.45, 7) is -0.331. The maximum absolute atomic E-state index is 11.7. The average Bonchev–Trinajstić information content (AvgIpc) is 2.39. The van der Waals surface area contributed by atoms with E-state index in [0.29, 0.717) is 12.8 Å². The smallest absolute Gasteiger partial charge is 0.313 e. The molecule has 0 aromatic rings. The maximum Gasteiger partial charge on any atom is 0.313 e. The van der Waals surface area contributed by atoms with Gasteiger partial charge in [-0.25, -0.2) is 0 Å². The first kappa shape index (κ1) is 13.7. The fourth-order valence-electron chi connectivity index (χ4n) is 1.72. The van der Waals surface area contributed by atoms with E-state index in [4.69, 9.17) is 20.4 Å². The Hall–Kier alpha value is -2.34. The highest BCUT2D eigenvalue weighted by Crippen LogP contribution is 2.26. The number of carbonyl (C=O) groups excluding carboxylic acids is 1. The van der Waals surface area contributed by atoms with E-state index in [1.165, 1.54) is 6.08 Å². The molecule has 94 valence electrons. The molecule has 6 nitrogen and oxygen atoms in total. The Morgan fingerprint density at radius 2 is 2.11 bits per heavy atom. The Bertz CT molecular complexity index is 430. The summed E-state index contributed by atoms with van der Waals surface area (Å²) in [6.07, 6.45) is 4.24. The Morgan fingerprint density at radius 3 is 2.67 bits per heavy atom. The van der Waals surface area contributed by atoms with E-state index in [0.717, 1.165) is 0 Å². The van der Waals surface area contributed by atoms with Crippen LogP contribution in [0.15, 0.2) is 12.2 Å². The standard InChI is InChI=1S/C12H12N2O4/c13-5-8(6-14)7-18-12(17)10-4-2-1-3-9(10)11(15)16/h2,4,8-10H,1,3,7H2,(H,15,16). The van der Waals surface area contributed by atoms with E-state index in [9.17, 15) is 9.59 Å². The summed E-state index contributed by atoms with van der Waals surface area (Å²) in [5.41, 5.74) is 0. The van der Waals surface area contributed by atoms with Gasteiger partial charge in [0.05, 0.1) is 24.0 Å². The number of rotatable bonds is 4. The van der Waals surface area contributed by atoms with Crippen molar-refractivity contribution in [1.82, 2.24) is 0 Å². The topological polar surface area (TPSA) is 111 Å². The summed E-state index contributed by atoms with van der Waals surface area (Å²) in [7, 11) is 0. The van der Waals surface area contributed by atoms with Crippen LogP contribution in [0, 0.1) is 40.4 Å². The van der Waals surface area contributed by atoms with Crippen molar-refractivity contribution in [3.8, 4) is 12.1 Å². The molecule has 18 heavy (non-hydrogen) atoms. The highest BCUT2D eigenvalue weighted by molar-refractivity contribution is 5.83. The van der Waals surface area contributed by atoms with Gasteiger partial charge in [-0.15, -0.1) is 0 Å². The molecule has 0 amide bonds. The van der Waals surface area contributed by atoms with Gasteiger partial charge >= 0.3 is 11.9 Å². The SMILES string of the molecule is N#CC(C#N)COC(=O)C1C=CCCC1C(=O)O. The van der Waals surface area contributed by atoms with E-state index in [2.05, 4.69) is 0 Å². The predicted molar refractivity (Wildman–Crippen MR) is 58.7 cm³/mol. The fraction of sp³-hybridized carbons (Fsp3) is 0.500. The van der Waals surface area contributed by atoms with Crippen LogP contribution in [0.3, 0.4) is 0 Å². The van der Waals surface area contributed by atoms with Crippen LogP contribution >= 0.6 is 0 Å². The minimum absolute atomic E-state index is 0.331. The molecular formula is C12H12N2O4. The zero-order valence-corrected chi connectivity index (χ0v) is 9.57. The largest absolute Gasteiger partial charge is 0.481 e. The van der Waals surface area contributed by atoms with Crippen molar-refractivity contribution in [2.45, 2.75) is 12.8 Å². The van der Waals surface area contributed by atoms with Crippen LogP contribution in [-0.2, 0) is 14.3 Å². The van der Waals surface area contributed by atoms with Gasteiger partial charge in [-0.2, -0.15) is 10.5 Å². The maximum atomic E-state index is 11.7. The quantitative estimate of drug-likeness (QED) is 0.583. The van der Waals surface area contributed by atoms with Gasteiger partial charge in [0.2, 0.25) is 0 Å². The summed E-state index contributed by atoms with van der Waals surface area (Å²) in [5, 5.41) is 26.0. The molecular weight excluding hydrogens is 236 g/mol. The van der Waals surface area contributed by atoms with Crippen molar-refractivity contribution >= 4 is 11.9 Å². The third kappa shape index (κ3) is 3.33. The molecule has 0 aromatic heterocycles. The number of aliphatic carboxylic acids is 1. The van der Waals surface area contributed by atoms with Crippen LogP contribution in [0.1, 0.15) is 12.8 Å². The fourth-order valence-corrected chi connectivity index (χ4v) is 1.72. The number of hydrogen-bond acceptors (Lipinski definition) is 5. The van der Waals surface area contributed by atoms with Gasteiger partial charge in [0, 0.05) is 0 Å². The first-order chi connectivity index (χ1) is 8.60.